The molecule has 0 atom stereocenters. The van der Waals surface area contributed by atoms with Crippen molar-refractivity contribution in [3.63, 3.8) is 0 Å². The zero-order valence-corrected chi connectivity index (χ0v) is 15.5. The summed E-state index contributed by atoms with van der Waals surface area (Å²) in [7, 11) is 0. The lowest BCUT2D eigenvalue weighted by Crippen LogP contribution is -2.46. The Morgan fingerprint density at radius 1 is 1.17 bits per heavy atom. The van der Waals surface area contributed by atoms with E-state index in [4.69, 9.17) is 0 Å². The summed E-state index contributed by atoms with van der Waals surface area (Å²) in [6.07, 6.45) is 2.98. The number of likely N-dealkylation sites (tertiary alicyclic amines) is 1. The van der Waals surface area contributed by atoms with Crippen molar-refractivity contribution < 1.29 is 0 Å². The van der Waals surface area contributed by atoms with E-state index < -0.39 is 0 Å². The van der Waals surface area contributed by atoms with E-state index in [1.807, 2.05) is 11.8 Å². The molecule has 0 aliphatic carbocycles. The molecule has 3 heteroatoms. The van der Waals surface area contributed by atoms with Crippen LogP contribution in [0.3, 0.4) is 0 Å². The Kier molecular flexibility index (Phi) is 4.76. The zero-order chi connectivity index (χ0) is 16.5. The summed E-state index contributed by atoms with van der Waals surface area (Å²) in [6.45, 7) is 10.2. The lowest BCUT2D eigenvalue weighted by molar-refractivity contribution is 0.00711. The summed E-state index contributed by atoms with van der Waals surface area (Å²) < 4.78 is 0. The highest BCUT2D eigenvalue weighted by atomic mass is 32.2. The molecule has 2 heterocycles. The first-order valence-corrected chi connectivity index (χ1v) is 9.87. The van der Waals surface area contributed by atoms with Gasteiger partial charge in [-0.2, -0.15) is 17.0 Å². The molecule has 3 rings (SSSR count). The molecule has 2 aliphatic rings. The van der Waals surface area contributed by atoms with Gasteiger partial charge in [-0.25, -0.2) is 0 Å². The SMILES string of the molecule is CC(C)(C)C1(CC#N)CCN(Cc2ccc3c(c2)CSC3)CC1. The molecule has 0 N–H and O–H groups in total. The van der Waals surface area contributed by atoms with Crippen LogP contribution in [0.5, 0.6) is 0 Å². The topological polar surface area (TPSA) is 27.0 Å². The maximum absolute atomic E-state index is 9.27. The van der Waals surface area contributed by atoms with Gasteiger partial charge in [-0.15, -0.1) is 0 Å². The highest BCUT2D eigenvalue weighted by Gasteiger charge is 2.43. The van der Waals surface area contributed by atoms with Crippen LogP contribution in [-0.4, -0.2) is 18.0 Å². The Bertz CT molecular complexity index is 601. The van der Waals surface area contributed by atoms with Crippen LogP contribution in [0.4, 0.5) is 0 Å². The molecule has 0 bridgehead atoms. The molecule has 1 saturated heterocycles. The van der Waals surface area contributed by atoms with Gasteiger partial charge in [0, 0.05) is 24.5 Å². The van der Waals surface area contributed by atoms with Gasteiger partial charge in [0.05, 0.1) is 6.07 Å². The summed E-state index contributed by atoms with van der Waals surface area (Å²) in [6, 6.07) is 9.50. The Labute approximate surface area is 145 Å². The number of fused-ring (bicyclic) bond motifs is 1. The van der Waals surface area contributed by atoms with E-state index in [9.17, 15) is 5.26 Å². The Morgan fingerprint density at radius 3 is 2.52 bits per heavy atom. The van der Waals surface area contributed by atoms with E-state index >= 15 is 0 Å². The van der Waals surface area contributed by atoms with Gasteiger partial charge in [0.2, 0.25) is 0 Å². The number of hydrogen-bond donors (Lipinski definition) is 0. The molecule has 0 amide bonds. The minimum Gasteiger partial charge on any atom is -0.299 e. The number of nitrogens with zero attached hydrogens (tertiary/aromatic N) is 2. The van der Waals surface area contributed by atoms with Crippen LogP contribution < -0.4 is 0 Å². The molecule has 1 aromatic carbocycles. The van der Waals surface area contributed by atoms with Crippen LogP contribution in [0.1, 0.15) is 56.7 Å². The van der Waals surface area contributed by atoms with Crippen molar-refractivity contribution in [2.24, 2.45) is 10.8 Å². The van der Waals surface area contributed by atoms with Crippen LogP contribution in [0, 0.1) is 22.2 Å². The van der Waals surface area contributed by atoms with Crippen LogP contribution in [-0.2, 0) is 18.1 Å². The van der Waals surface area contributed by atoms with E-state index in [1.165, 1.54) is 28.2 Å². The monoisotopic (exact) mass is 328 g/mol. The van der Waals surface area contributed by atoms with Crippen molar-refractivity contribution in [2.75, 3.05) is 13.1 Å². The fourth-order valence-corrected chi connectivity index (χ4v) is 5.16. The van der Waals surface area contributed by atoms with Crippen molar-refractivity contribution in [1.82, 2.24) is 4.90 Å². The number of benzene rings is 1. The first-order valence-electron chi connectivity index (χ1n) is 8.71. The van der Waals surface area contributed by atoms with E-state index in [1.54, 1.807) is 0 Å². The van der Waals surface area contributed by atoms with Crippen LogP contribution >= 0.6 is 11.8 Å². The van der Waals surface area contributed by atoms with Crippen LogP contribution in [0.25, 0.3) is 0 Å². The standard InChI is InChI=1S/C20H28N2S/c1-19(2,3)20(6-9-21)7-10-22(11-8-20)13-16-4-5-17-14-23-15-18(17)12-16/h4-5,12H,6-8,10-11,13-15H2,1-3H3. The lowest BCUT2D eigenvalue weighted by Gasteiger charge is -2.49. The molecule has 124 valence electrons. The van der Waals surface area contributed by atoms with E-state index in [-0.39, 0.29) is 10.8 Å². The molecule has 0 radical (unpaired) electrons. The van der Waals surface area contributed by atoms with Gasteiger partial charge in [-0.3, -0.25) is 4.90 Å². The van der Waals surface area contributed by atoms with E-state index in [2.05, 4.69) is 49.9 Å². The maximum Gasteiger partial charge on any atom is 0.0627 e. The normalized spacial score (nSPS) is 21.0. The second-order valence-electron chi connectivity index (χ2n) is 8.24. The summed E-state index contributed by atoms with van der Waals surface area (Å²) in [5.74, 6) is 2.36. The molecular weight excluding hydrogens is 300 g/mol. The van der Waals surface area contributed by atoms with Gasteiger partial charge in [0.15, 0.2) is 0 Å². The third-order valence-corrected chi connectivity index (χ3v) is 7.04. The zero-order valence-electron chi connectivity index (χ0n) is 14.7. The van der Waals surface area contributed by atoms with Gasteiger partial charge in [0.25, 0.3) is 0 Å². The predicted molar refractivity (Wildman–Crippen MR) is 98.1 cm³/mol. The molecule has 2 nitrogen and oxygen atoms in total. The molecule has 1 fully saturated rings. The third kappa shape index (κ3) is 3.44. The second-order valence-corrected chi connectivity index (χ2v) is 9.22. The largest absolute Gasteiger partial charge is 0.299 e. The maximum atomic E-state index is 9.27. The van der Waals surface area contributed by atoms with Crippen molar-refractivity contribution in [2.45, 2.75) is 58.1 Å². The van der Waals surface area contributed by atoms with Crippen LogP contribution in [0.15, 0.2) is 18.2 Å². The van der Waals surface area contributed by atoms with Crippen LogP contribution in [0.2, 0.25) is 0 Å². The summed E-state index contributed by atoms with van der Waals surface area (Å²) >= 11 is 2.02. The van der Waals surface area contributed by atoms with Gasteiger partial charge < -0.3 is 0 Å². The lowest BCUT2D eigenvalue weighted by atomic mass is 9.60. The molecule has 0 saturated carbocycles. The minimum atomic E-state index is 0.187. The Hall–Kier alpha value is -0.980. The molecular formula is C20H28N2S. The average molecular weight is 329 g/mol. The van der Waals surface area contributed by atoms with Gasteiger partial charge >= 0.3 is 0 Å². The van der Waals surface area contributed by atoms with Crippen molar-refractivity contribution in [3.05, 3.63) is 34.9 Å². The van der Waals surface area contributed by atoms with Crippen molar-refractivity contribution in [1.29, 1.82) is 5.26 Å². The van der Waals surface area contributed by atoms with Crippen molar-refractivity contribution >= 4 is 11.8 Å². The summed E-state index contributed by atoms with van der Waals surface area (Å²) in [5, 5.41) is 9.27. The highest BCUT2D eigenvalue weighted by molar-refractivity contribution is 7.98. The summed E-state index contributed by atoms with van der Waals surface area (Å²) in [5.41, 5.74) is 4.91. The minimum absolute atomic E-state index is 0.187. The molecule has 23 heavy (non-hydrogen) atoms. The predicted octanol–water partition coefficient (Wildman–Crippen LogP) is 4.98. The average Bonchev–Trinajstić information content (AvgIpc) is 2.96. The number of rotatable bonds is 3. The third-order valence-electron chi connectivity index (χ3n) is 6.01. The molecule has 1 aromatic rings. The van der Waals surface area contributed by atoms with Gasteiger partial charge in [-0.05, 0) is 53.5 Å². The van der Waals surface area contributed by atoms with Gasteiger partial charge in [0.1, 0.15) is 0 Å². The quantitative estimate of drug-likeness (QED) is 0.783. The highest BCUT2D eigenvalue weighted by Crippen LogP contribution is 2.49. The summed E-state index contributed by atoms with van der Waals surface area (Å²) in [4.78, 5) is 2.57. The number of thioether (sulfide) groups is 1. The second kappa shape index (κ2) is 6.49. The molecule has 0 spiro atoms. The number of hydrogen-bond acceptors (Lipinski definition) is 3. The molecule has 2 aliphatic heterocycles. The number of piperidine rings is 1. The number of nitriles is 1. The van der Waals surface area contributed by atoms with Gasteiger partial charge in [-0.1, -0.05) is 39.0 Å². The first kappa shape index (κ1) is 16.9. The molecule has 0 aromatic heterocycles. The van der Waals surface area contributed by atoms with E-state index in [0.717, 1.165) is 32.5 Å². The Balaban J connectivity index is 1.64. The Morgan fingerprint density at radius 2 is 1.87 bits per heavy atom. The van der Waals surface area contributed by atoms with E-state index in [0.29, 0.717) is 6.42 Å². The molecule has 0 unspecified atom stereocenters. The fraction of sp³-hybridized carbons (Fsp3) is 0.650. The first-order chi connectivity index (χ1) is 10.9. The smallest absolute Gasteiger partial charge is 0.0627 e. The fourth-order valence-electron chi connectivity index (χ4n) is 4.06. The van der Waals surface area contributed by atoms with Crippen molar-refractivity contribution in [3.8, 4) is 6.07 Å².